The third-order valence-electron chi connectivity index (χ3n) is 4.51. The lowest BCUT2D eigenvalue weighted by atomic mass is 10.0. The Morgan fingerprint density at radius 2 is 2.08 bits per heavy atom. The summed E-state index contributed by atoms with van der Waals surface area (Å²) >= 11 is 6.24. The van der Waals surface area contributed by atoms with Gasteiger partial charge in [-0.2, -0.15) is 8.78 Å². The zero-order chi connectivity index (χ0) is 18.8. The SMILES string of the molecule is Cc1nc(Cl)c2n1CCN(C(=O)O)C2CCc1ccc(OC(F)F)cc1. The maximum atomic E-state index is 12.2. The Kier molecular flexibility index (Phi) is 5.31. The standard InChI is InChI=1S/C17H18ClF2N3O3/c1-10-21-15(18)14-13(23(17(24)25)9-8-22(10)14)7-4-11-2-5-12(6-3-11)26-16(19)20/h2-3,5-6,13,16H,4,7-9H2,1H3,(H,24,25). The second-order valence-corrected chi connectivity index (χ2v) is 6.40. The number of carboxylic acid groups (broad SMARTS) is 1. The van der Waals surface area contributed by atoms with Gasteiger partial charge in [-0.15, -0.1) is 0 Å². The van der Waals surface area contributed by atoms with Crippen molar-refractivity contribution in [1.29, 1.82) is 0 Å². The van der Waals surface area contributed by atoms with Crippen LogP contribution < -0.4 is 4.74 Å². The van der Waals surface area contributed by atoms with Crippen molar-refractivity contribution in [2.45, 2.75) is 39.0 Å². The average Bonchev–Trinajstić information content (AvgIpc) is 2.88. The molecule has 0 saturated carbocycles. The molecule has 0 fully saturated rings. The molecule has 1 aliphatic heterocycles. The highest BCUT2D eigenvalue weighted by atomic mass is 35.5. The van der Waals surface area contributed by atoms with E-state index in [1.54, 1.807) is 12.1 Å². The molecule has 1 atom stereocenters. The molecule has 1 aliphatic rings. The highest BCUT2D eigenvalue weighted by Crippen LogP contribution is 2.35. The van der Waals surface area contributed by atoms with Gasteiger partial charge in [-0.1, -0.05) is 23.7 Å². The molecule has 0 saturated heterocycles. The first-order valence-corrected chi connectivity index (χ1v) is 8.50. The molecule has 0 spiro atoms. The van der Waals surface area contributed by atoms with E-state index in [2.05, 4.69) is 9.72 Å². The smallest absolute Gasteiger partial charge is 0.407 e. The van der Waals surface area contributed by atoms with E-state index in [-0.39, 0.29) is 5.75 Å². The molecule has 0 aliphatic carbocycles. The molecule has 1 N–H and O–H groups in total. The van der Waals surface area contributed by atoms with Crippen molar-refractivity contribution < 1.29 is 23.4 Å². The number of carbonyl (C=O) groups is 1. The maximum Gasteiger partial charge on any atom is 0.407 e. The first-order chi connectivity index (χ1) is 12.4. The minimum absolute atomic E-state index is 0.0883. The summed E-state index contributed by atoms with van der Waals surface area (Å²) in [4.78, 5) is 17.2. The van der Waals surface area contributed by atoms with Crippen LogP contribution in [0.2, 0.25) is 5.15 Å². The summed E-state index contributed by atoms with van der Waals surface area (Å²) in [5.74, 6) is 0.846. The van der Waals surface area contributed by atoms with Gasteiger partial charge in [0.2, 0.25) is 0 Å². The number of ether oxygens (including phenoxy) is 1. The Labute approximate surface area is 154 Å². The van der Waals surface area contributed by atoms with Gasteiger partial charge in [0.15, 0.2) is 5.15 Å². The molecule has 9 heteroatoms. The van der Waals surface area contributed by atoms with Gasteiger partial charge in [-0.3, -0.25) is 4.90 Å². The number of imidazole rings is 1. The average molecular weight is 386 g/mol. The van der Waals surface area contributed by atoms with Crippen LogP contribution in [0.1, 0.15) is 29.5 Å². The monoisotopic (exact) mass is 385 g/mol. The number of benzene rings is 1. The lowest BCUT2D eigenvalue weighted by Crippen LogP contribution is -2.41. The Morgan fingerprint density at radius 3 is 2.69 bits per heavy atom. The van der Waals surface area contributed by atoms with Crippen molar-refractivity contribution in [3.63, 3.8) is 0 Å². The van der Waals surface area contributed by atoms with E-state index >= 15 is 0 Å². The molecule has 1 unspecified atom stereocenters. The molecule has 1 aromatic heterocycles. The number of aromatic nitrogens is 2. The number of alkyl halides is 2. The van der Waals surface area contributed by atoms with Crippen LogP contribution in [0.15, 0.2) is 24.3 Å². The molecule has 3 rings (SSSR count). The minimum atomic E-state index is -2.86. The molecule has 2 heterocycles. The molecular formula is C17H18ClF2N3O3. The van der Waals surface area contributed by atoms with E-state index in [0.29, 0.717) is 36.8 Å². The second-order valence-electron chi connectivity index (χ2n) is 6.04. The summed E-state index contributed by atoms with van der Waals surface area (Å²) in [7, 11) is 0. The van der Waals surface area contributed by atoms with Crippen molar-refractivity contribution in [2.24, 2.45) is 0 Å². The zero-order valence-corrected chi connectivity index (χ0v) is 14.8. The first kappa shape index (κ1) is 18.4. The summed E-state index contributed by atoms with van der Waals surface area (Å²) in [6.07, 6.45) is 0.0627. The van der Waals surface area contributed by atoms with Gasteiger partial charge in [-0.05, 0) is 37.5 Å². The maximum absolute atomic E-state index is 12.2. The molecule has 1 aromatic carbocycles. The van der Waals surface area contributed by atoms with Gasteiger partial charge in [0.05, 0.1) is 11.7 Å². The third-order valence-corrected chi connectivity index (χ3v) is 4.79. The topological polar surface area (TPSA) is 67.6 Å². The van der Waals surface area contributed by atoms with Crippen molar-refractivity contribution in [2.75, 3.05) is 6.54 Å². The van der Waals surface area contributed by atoms with E-state index in [1.807, 2.05) is 11.5 Å². The predicted molar refractivity (Wildman–Crippen MR) is 90.8 cm³/mol. The first-order valence-electron chi connectivity index (χ1n) is 8.12. The van der Waals surface area contributed by atoms with E-state index in [1.165, 1.54) is 17.0 Å². The van der Waals surface area contributed by atoms with Crippen LogP contribution in [0.5, 0.6) is 5.75 Å². The molecule has 0 bridgehead atoms. The van der Waals surface area contributed by atoms with E-state index < -0.39 is 18.7 Å². The summed E-state index contributed by atoms with van der Waals surface area (Å²) in [6.45, 7) is -0.145. The predicted octanol–water partition coefficient (Wildman–Crippen LogP) is 4.11. The van der Waals surface area contributed by atoms with Crippen LogP contribution in [-0.4, -0.2) is 38.8 Å². The van der Waals surface area contributed by atoms with Crippen LogP contribution in [0.4, 0.5) is 13.6 Å². The third kappa shape index (κ3) is 3.75. The fourth-order valence-electron chi connectivity index (χ4n) is 3.32. The quantitative estimate of drug-likeness (QED) is 0.840. The second kappa shape index (κ2) is 7.49. The lowest BCUT2D eigenvalue weighted by molar-refractivity contribution is -0.0498. The number of aryl methyl sites for hydroxylation is 2. The van der Waals surface area contributed by atoms with Crippen molar-refractivity contribution in [3.8, 4) is 5.75 Å². The number of nitrogens with zero attached hydrogens (tertiary/aromatic N) is 3. The summed E-state index contributed by atoms with van der Waals surface area (Å²) in [5.41, 5.74) is 1.59. The van der Waals surface area contributed by atoms with Crippen LogP contribution in [0, 0.1) is 6.92 Å². The normalized spacial score (nSPS) is 16.7. The Bertz CT molecular complexity index is 795. The fourth-order valence-corrected chi connectivity index (χ4v) is 3.67. The number of fused-ring (bicyclic) bond motifs is 1. The van der Waals surface area contributed by atoms with Crippen molar-refractivity contribution in [1.82, 2.24) is 14.5 Å². The van der Waals surface area contributed by atoms with Crippen LogP contribution in [0.25, 0.3) is 0 Å². The highest BCUT2D eigenvalue weighted by molar-refractivity contribution is 6.30. The van der Waals surface area contributed by atoms with Gasteiger partial charge in [0.25, 0.3) is 0 Å². The van der Waals surface area contributed by atoms with Crippen molar-refractivity contribution in [3.05, 3.63) is 46.5 Å². The molecule has 140 valence electrons. The zero-order valence-electron chi connectivity index (χ0n) is 14.0. The van der Waals surface area contributed by atoms with Gasteiger partial charge < -0.3 is 14.4 Å². The number of rotatable bonds is 5. The Hall–Kier alpha value is -2.35. The Balaban J connectivity index is 1.77. The lowest BCUT2D eigenvalue weighted by Gasteiger charge is -2.35. The van der Waals surface area contributed by atoms with Gasteiger partial charge in [-0.25, -0.2) is 9.78 Å². The fraction of sp³-hybridized carbons (Fsp3) is 0.412. The Morgan fingerprint density at radius 1 is 1.38 bits per heavy atom. The summed E-state index contributed by atoms with van der Waals surface area (Å²) in [5, 5.41) is 9.83. The van der Waals surface area contributed by atoms with E-state index in [9.17, 15) is 18.7 Å². The number of hydrogen-bond donors (Lipinski definition) is 1. The number of hydrogen-bond acceptors (Lipinski definition) is 3. The molecule has 6 nitrogen and oxygen atoms in total. The summed E-state index contributed by atoms with van der Waals surface area (Å²) < 4.78 is 30.7. The largest absolute Gasteiger partial charge is 0.465 e. The van der Waals surface area contributed by atoms with Crippen LogP contribution in [0.3, 0.4) is 0 Å². The van der Waals surface area contributed by atoms with Gasteiger partial charge in [0, 0.05) is 13.1 Å². The number of amides is 1. The van der Waals surface area contributed by atoms with Gasteiger partial charge >= 0.3 is 12.7 Å². The highest BCUT2D eigenvalue weighted by Gasteiger charge is 2.34. The molecular weight excluding hydrogens is 368 g/mol. The number of halogens is 3. The van der Waals surface area contributed by atoms with E-state index in [0.717, 1.165) is 11.4 Å². The van der Waals surface area contributed by atoms with Crippen LogP contribution >= 0.6 is 11.6 Å². The molecule has 2 aromatic rings. The van der Waals surface area contributed by atoms with E-state index in [4.69, 9.17) is 11.6 Å². The molecule has 1 amide bonds. The molecule has 0 radical (unpaired) electrons. The van der Waals surface area contributed by atoms with Gasteiger partial charge in [0.1, 0.15) is 11.6 Å². The molecule has 26 heavy (non-hydrogen) atoms. The summed E-state index contributed by atoms with van der Waals surface area (Å²) in [6, 6.07) is 5.91. The van der Waals surface area contributed by atoms with Crippen LogP contribution in [-0.2, 0) is 13.0 Å². The minimum Gasteiger partial charge on any atom is -0.465 e. The van der Waals surface area contributed by atoms with Crippen molar-refractivity contribution >= 4 is 17.7 Å².